The Balaban J connectivity index is 1.93. The van der Waals surface area contributed by atoms with Crippen molar-refractivity contribution >= 4 is 21.6 Å². The van der Waals surface area contributed by atoms with E-state index in [-0.39, 0.29) is 16.8 Å². The summed E-state index contributed by atoms with van der Waals surface area (Å²) < 4.78 is 27.8. The lowest BCUT2D eigenvalue weighted by Crippen LogP contribution is -2.34. The van der Waals surface area contributed by atoms with Crippen LogP contribution in [0.2, 0.25) is 0 Å². The van der Waals surface area contributed by atoms with E-state index >= 15 is 0 Å². The quantitative estimate of drug-likeness (QED) is 0.839. The van der Waals surface area contributed by atoms with E-state index in [4.69, 9.17) is 0 Å². The molecule has 1 aromatic rings. The fraction of sp³-hybridized carbons (Fsp3) is 0.438. The van der Waals surface area contributed by atoms with Crippen LogP contribution in [0.5, 0.6) is 0 Å². The van der Waals surface area contributed by atoms with Crippen molar-refractivity contribution in [3.63, 3.8) is 0 Å². The van der Waals surface area contributed by atoms with Crippen LogP contribution in [0.4, 0.5) is 5.69 Å². The van der Waals surface area contributed by atoms with Crippen LogP contribution in [0.15, 0.2) is 35.2 Å². The van der Waals surface area contributed by atoms with Gasteiger partial charge in [-0.2, -0.15) is 0 Å². The third-order valence-corrected chi connectivity index (χ3v) is 5.84. The predicted octanol–water partition coefficient (Wildman–Crippen LogP) is 2.30. The summed E-state index contributed by atoms with van der Waals surface area (Å²) in [6.07, 6.45) is 6.71. The van der Waals surface area contributed by atoms with E-state index < -0.39 is 15.4 Å². The maximum Gasteiger partial charge on any atom is 0.241 e. The van der Waals surface area contributed by atoms with Crippen LogP contribution in [0.1, 0.15) is 38.7 Å². The number of hydrogen-bond donors (Lipinski definition) is 2. The van der Waals surface area contributed by atoms with Crippen LogP contribution in [-0.4, -0.2) is 20.4 Å². The summed E-state index contributed by atoms with van der Waals surface area (Å²) in [5.41, 5.74) is 0.692. The van der Waals surface area contributed by atoms with Gasteiger partial charge in [-0.25, -0.2) is 13.1 Å². The topological polar surface area (TPSA) is 75.3 Å². The van der Waals surface area contributed by atoms with Gasteiger partial charge in [-0.1, -0.05) is 12.2 Å². The summed E-state index contributed by atoms with van der Waals surface area (Å²) >= 11 is 0. The Morgan fingerprint density at radius 3 is 2.77 bits per heavy atom. The smallest absolute Gasteiger partial charge is 0.241 e. The van der Waals surface area contributed by atoms with Crippen molar-refractivity contribution in [2.24, 2.45) is 0 Å². The summed E-state index contributed by atoms with van der Waals surface area (Å²) in [4.78, 5) is 12.1. The molecule has 22 heavy (non-hydrogen) atoms. The van der Waals surface area contributed by atoms with E-state index in [0.29, 0.717) is 5.69 Å². The van der Waals surface area contributed by atoms with E-state index in [9.17, 15) is 13.2 Å². The Morgan fingerprint density at radius 1 is 1.32 bits per heavy atom. The van der Waals surface area contributed by atoms with Crippen molar-refractivity contribution in [2.75, 3.05) is 5.32 Å². The average molecular weight is 320 g/mol. The molecule has 1 heterocycles. The van der Waals surface area contributed by atoms with Gasteiger partial charge in [0.1, 0.15) is 0 Å². The van der Waals surface area contributed by atoms with E-state index in [1.165, 1.54) is 6.07 Å². The van der Waals surface area contributed by atoms with Crippen molar-refractivity contribution in [1.29, 1.82) is 0 Å². The highest BCUT2D eigenvalue weighted by Crippen LogP contribution is 2.38. The number of allylic oxidation sites excluding steroid dienone is 1. The molecule has 0 saturated carbocycles. The molecule has 2 N–H and O–H groups in total. The Kier molecular flexibility index (Phi) is 3.61. The molecular weight excluding hydrogens is 300 g/mol. The molecule has 0 bridgehead atoms. The Bertz CT molecular complexity index is 751. The van der Waals surface area contributed by atoms with Crippen LogP contribution in [0.25, 0.3) is 0 Å². The minimum atomic E-state index is -3.59. The molecule has 1 aromatic carbocycles. The van der Waals surface area contributed by atoms with Crippen LogP contribution in [0, 0.1) is 0 Å². The van der Waals surface area contributed by atoms with E-state index in [0.717, 1.165) is 24.8 Å². The number of carbonyl (C=O) groups is 1. The molecule has 0 aromatic heterocycles. The van der Waals surface area contributed by atoms with Crippen LogP contribution >= 0.6 is 0 Å². The van der Waals surface area contributed by atoms with Gasteiger partial charge >= 0.3 is 0 Å². The first-order valence-electron chi connectivity index (χ1n) is 7.46. The molecule has 1 atom stereocenters. The summed E-state index contributed by atoms with van der Waals surface area (Å²) in [7, 11) is -3.59. The molecular formula is C16H20N2O3S. The van der Waals surface area contributed by atoms with Crippen LogP contribution in [0.3, 0.4) is 0 Å². The monoisotopic (exact) mass is 320 g/mol. The number of nitrogens with one attached hydrogen (secondary N) is 2. The Hall–Kier alpha value is -1.66. The largest absolute Gasteiger partial charge is 0.325 e. The molecule has 1 aliphatic carbocycles. The van der Waals surface area contributed by atoms with Gasteiger partial charge in [0.25, 0.3) is 0 Å². The third-order valence-electron chi connectivity index (χ3n) is 4.35. The molecule has 0 radical (unpaired) electrons. The van der Waals surface area contributed by atoms with Gasteiger partial charge in [-0.15, -0.1) is 0 Å². The maximum atomic E-state index is 12.5. The van der Waals surface area contributed by atoms with Crippen molar-refractivity contribution in [3.05, 3.63) is 35.9 Å². The fourth-order valence-electron chi connectivity index (χ4n) is 2.90. The number of sulfonamides is 1. The van der Waals surface area contributed by atoms with E-state index in [2.05, 4.69) is 10.0 Å². The normalized spacial score (nSPS) is 23.2. The van der Waals surface area contributed by atoms with E-state index in [1.54, 1.807) is 26.0 Å². The van der Waals surface area contributed by atoms with Gasteiger partial charge in [0.05, 0.1) is 10.3 Å². The molecule has 5 nitrogen and oxygen atoms in total. The number of anilines is 1. The number of rotatable bonds is 3. The molecule has 6 heteroatoms. The summed E-state index contributed by atoms with van der Waals surface area (Å²) in [5, 5.41) is 2.78. The minimum Gasteiger partial charge on any atom is -0.325 e. The van der Waals surface area contributed by atoms with Gasteiger partial charge in [-0.3, -0.25) is 4.79 Å². The number of fused-ring (bicyclic) bond motifs is 1. The second kappa shape index (κ2) is 5.21. The zero-order valence-corrected chi connectivity index (χ0v) is 13.5. The van der Waals surface area contributed by atoms with Crippen molar-refractivity contribution in [2.45, 2.75) is 49.5 Å². The van der Waals surface area contributed by atoms with Crippen molar-refractivity contribution < 1.29 is 13.2 Å². The van der Waals surface area contributed by atoms with Crippen LogP contribution < -0.4 is 10.0 Å². The molecule has 2 aliphatic rings. The molecule has 1 aliphatic heterocycles. The number of hydrogen-bond acceptors (Lipinski definition) is 3. The highest BCUT2D eigenvalue weighted by atomic mass is 32.2. The lowest BCUT2D eigenvalue weighted by molar-refractivity contribution is -0.119. The second-order valence-electron chi connectivity index (χ2n) is 6.37. The number of amides is 1. The highest BCUT2D eigenvalue weighted by Gasteiger charge is 2.39. The lowest BCUT2D eigenvalue weighted by Gasteiger charge is -2.19. The number of benzene rings is 1. The predicted molar refractivity (Wildman–Crippen MR) is 85.2 cm³/mol. The zero-order chi connectivity index (χ0) is 16.0. The first-order valence-corrected chi connectivity index (χ1v) is 8.94. The third kappa shape index (κ3) is 2.57. The van der Waals surface area contributed by atoms with Gasteiger partial charge in [0.15, 0.2) is 0 Å². The van der Waals surface area contributed by atoms with E-state index in [1.807, 2.05) is 12.2 Å². The van der Waals surface area contributed by atoms with Crippen molar-refractivity contribution in [3.8, 4) is 0 Å². The fourth-order valence-corrected chi connectivity index (χ4v) is 4.15. The van der Waals surface area contributed by atoms with Gasteiger partial charge in [-0.05, 0) is 56.9 Å². The SMILES string of the molecule is CC1(C)C(=O)Nc2ccc(S(=O)(=O)N[C@@H]3C=CCCC3)cc21. The molecule has 0 saturated heterocycles. The van der Waals surface area contributed by atoms with Gasteiger partial charge in [0.2, 0.25) is 15.9 Å². The van der Waals surface area contributed by atoms with Gasteiger partial charge in [0, 0.05) is 11.7 Å². The first kappa shape index (κ1) is 15.2. The maximum absolute atomic E-state index is 12.5. The van der Waals surface area contributed by atoms with Gasteiger partial charge < -0.3 is 5.32 Å². The summed E-state index contributed by atoms with van der Waals surface area (Å²) in [6, 6.07) is 4.64. The average Bonchev–Trinajstić information content (AvgIpc) is 2.69. The molecule has 0 spiro atoms. The highest BCUT2D eigenvalue weighted by molar-refractivity contribution is 7.89. The Morgan fingerprint density at radius 2 is 2.09 bits per heavy atom. The number of carbonyl (C=O) groups excluding carboxylic acids is 1. The standard InChI is InChI=1S/C16H20N2O3S/c1-16(2)13-10-12(8-9-14(13)17-15(16)19)22(20,21)18-11-6-4-3-5-7-11/h4,6,8-11,18H,3,5,7H2,1-2H3,(H,17,19)/t11-/m1/s1. The second-order valence-corrected chi connectivity index (χ2v) is 8.09. The Labute approximate surface area is 130 Å². The van der Waals surface area contributed by atoms with Crippen molar-refractivity contribution in [1.82, 2.24) is 4.72 Å². The minimum absolute atomic E-state index is 0.111. The molecule has 3 rings (SSSR count). The molecule has 0 unspecified atom stereocenters. The summed E-state index contributed by atoms with van der Waals surface area (Å²) in [6.45, 7) is 3.59. The first-order chi connectivity index (χ1) is 10.3. The summed E-state index contributed by atoms with van der Waals surface area (Å²) in [5.74, 6) is -0.111. The zero-order valence-electron chi connectivity index (χ0n) is 12.7. The molecule has 0 fully saturated rings. The van der Waals surface area contributed by atoms with Crippen LogP contribution in [-0.2, 0) is 20.2 Å². The molecule has 118 valence electrons. The molecule has 1 amide bonds. The lowest BCUT2D eigenvalue weighted by atomic mass is 9.86.